The maximum atomic E-state index is 11.1. The van der Waals surface area contributed by atoms with Gasteiger partial charge in [-0.05, 0) is 32.6 Å². The standard InChI is InChI=1S/C15H20N4O2/c1-4-18(3)8-7-16-14-5-6-15(19(20)21)13-10-17-11(2)9-12(13)14/h5-6,9-10,16H,4,7-8H2,1-3H3. The van der Waals surface area contributed by atoms with Crippen LogP contribution in [-0.4, -0.2) is 41.5 Å². The number of aryl methyl sites for hydroxylation is 1. The van der Waals surface area contributed by atoms with Gasteiger partial charge in [-0.2, -0.15) is 0 Å². The largest absolute Gasteiger partial charge is 0.383 e. The normalized spacial score (nSPS) is 11.0. The van der Waals surface area contributed by atoms with E-state index in [1.165, 1.54) is 6.07 Å². The summed E-state index contributed by atoms with van der Waals surface area (Å²) < 4.78 is 0. The first-order chi connectivity index (χ1) is 10.0. The van der Waals surface area contributed by atoms with Crippen molar-refractivity contribution in [2.75, 3.05) is 32.0 Å². The van der Waals surface area contributed by atoms with Crippen molar-refractivity contribution in [2.45, 2.75) is 13.8 Å². The number of benzene rings is 1. The number of likely N-dealkylation sites (N-methyl/N-ethyl adjacent to an activating group) is 1. The minimum absolute atomic E-state index is 0.0914. The van der Waals surface area contributed by atoms with Crippen LogP contribution in [-0.2, 0) is 0 Å². The van der Waals surface area contributed by atoms with E-state index >= 15 is 0 Å². The highest BCUT2D eigenvalue weighted by molar-refractivity contribution is 5.99. The van der Waals surface area contributed by atoms with Crippen molar-refractivity contribution in [3.63, 3.8) is 0 Å². The second-order valence-electron chi connectivity index (χ2n) is 5.08. The number of hydrogen-bond donors (Lipinski definition) is 1. The Balaban J connectivity index is 2.34. The fourth-order valence-electron chi connectivity index (χ4n) is 2.18. The third kappa shape index (κ3) is 3.46. The lowest BCUT2D eigenvalue weighted by Gasteiger charge is -2.15. The molecule has 2 aromatic rings. The van der Waals surface area contributed by atoms with Crippen molar-refractivity contribution in [1.29, 1.82) is 0 Å². The van der Waals surface area contributed by atoms with E-state index in [1.807, 2.05) is 13.0 Å². The van der Waals surface area contributed by atoms with Crippen molar-refractivity contribution < 1.29 is 4.92 Å². The van der Waals surface area contributed by atoms with E-state index in [9.17, 15) is 10.1 Å². The first-order valence-corrected chi connectivity index (χ1v) is 6.99. The maximum Gasteiger partial charge on any atom is 0.278 e. The second-order valence-corrected chi connectivity index (χ2v) is 5.08. The zero-order valence-electron chi connectivity index (χ0n) is 12.6. The zero-order valence-corrected chi connectivity index (χ0v) is 12.6. The number of fused-ring (bicyclic) bond motifs is 1. The van der Waals surface area contributed by atoms with Crippen molar-refractivity contribution in [3.05, 3.63) is 40.2 Å². The molecule has 0 aliphatic heterocycles. The molecule has 6 nitrogen and oxygen atoms in total. The summed E-state index contributed by atoms with van der Waals surface area (Å²) >= 11 is 0. The molecule has 0 unspecified atom stereocenters. The van der Waals surface area contributed by atoms with Gasteiger partial charge in [0.1, 0.15) is 0 Å². The Labute approximate surface area is 123 Å². The highest BCUT2D eigenvalue weighted by Gasteiger charge is 2.14. The molecular formula is C15H20N4O2. The highest BCUT2D eigenvalue weighted by Crippen LogP contribution is 2.31. The minimum atomic E-state index is -0.367. The van der Waals surface area contributed by atoms with E-state index in [4.69, 9.17) is 0 Å². The zero-order chi connectivity index (χ0) is 15.4. The Morgan fingerprint density at radius 2 is 2.14 bits per heavy atom. The molecule has 112 valence electrons. The fourth-order valence-corrected chi connectivity index (χ4v) is 2.18. The lowest BCUT2D eigenvalue weighted by Crippen LogP contribution is -2.24. The molecule has 0 aliphatic rings. The molecule has 0 radical (unpaired) electrons. The van der Waals surface area contributed by atoms with Crippen molar-refractivity contribution in [3.8, 4) is 0 Å². The van der Waals surface area contributed by atoms with Crippen LogP contribution in [0.15, 0.2) is 24.4 Å². The first kappa shape index (κ1) is 15.2. The van der Waals surface area contributed by atoms with E-state index in [0.717, 1.165) is 36.4 Å². The lowest BCUT2D eigenvalue weighted by atomic mass is 10.1. The summed E-state index contributed by atoms with van der Waals surface area (Å²) in [4.78, 5) is 17.1. The molecule has 0 atom stereocenters. The summed E-state index contributed by atoms with van der Waals surface area (Å²) in [5.74, 6) is 0. The van der Waals surface area contributed by atoms with E-state index in [2.05, 4.69) is 29.2 Å². The summed E-state index contributed by atoms with van der Waals surface area (Å²) in [6, 6.07) is 5.19. The van der Waals surface area contributed by atoms with Crippen LogP contribution in [0.4, 0.5) is 11.4 Å². The molecule has 6 heteroatoms. The minimum Gasteiger partial charge on any atom is -0.383 e. The molecule has 1 heterocycles. The van der Waals surface area contributed by atoms with Gasteiger partial charge in [-0.3, -0.25) is 15.1 Å². The summed E-state index contributed by atoms with van der Waals surface area (Å²) in [5, 5.41) is 15.9. The van der Waals surface area contributed by atoms with Crippen molar-refractivity contribution in [2.24, 2.45) is 0 Å². The smallest absolute Gasteiger partial charge is 0.278 e. The number of hydrogen-bond acceptors (Lipinski definition) is 5. The van der Waals surface area contributed by atoms with Gasteiger partial charge < -0.3 is 10.2 Å². The van der Waals surface area contributed by atoms with Gasteiger partial charge in [0.05, 0.1) is 10.3 Å². The first-order valence-electron chi connectivity index (χ1n) is 6.99. The highest BCUT2D eigenvalue weighted by atomic mass is 16.6. The molecule has 0 amide bonds. The number of pyridine rings is 1. The van der Waals surface area contributed by atoms with Crippen LogP contribution in [0.2, 0.25) is 0 Å². The molecule has 0 spiro atoms. The predicted molar refractivity (Wildman–Crippen MR) is 84.8 cm³/mol. The number of nitrogens with one attached hydrogen (secondary N) is 1. The molecule has 1 aromatic carbocycles. The quantitative estimate of drug-likeness (QED) is 0.653. The Kier molecular flexibility index (Phi) is 4.70. The van der Waals surface area contributed by atoms with Crippen molar-refractivity contribution >= 4 is 22.1 Å². The monoisotopic (exact) mass is 288 g/mol. The van der Waals surface area contributed by atoms with Crippen LogP contribution in [0, 0.1) is 17.0 Å². The summed E-state index contributed by atoms with van der Waals surface area (Å²) in [5.41, 5.74) is 1.84. The fraction of sp³-hybridized carbons (Fsp3) is 0.400. The molecule has 1 N–H and O–H groups in total. The second kappa shape index (κ2) is 6.49. The molecule has 0 aliphatic carbocycles. The number of nitrogens with zero attached hydrogens (tertiary/aromatic N) is 3. The molecule has 21 heavy (non-hydrogen) atoms. The number of nitro groups is 1. The van der Waals surface area contributed by atoms with E-state index < -0.39 is 0 Å². The molecule has 0 bridgehead atoms. The number of non-ortho nitro benzene ring substituents is 1. The van der Waals surface area contributed by atoms with Crippen LogP contribution in [0.1, 0.15) is 12.6 Å². The van der Waals surface area contributed by atoms with Crippen LogP contribution < -0.4 is 5.32 Å². The van der Waals surface area contributed by atoms with Gasteiger partial charge >= 0.3 is 0 Å². The van der Waals surface area contributed by atoms with Gasteiger partial charge in [0, 0.05) is 42.1 Å². The SMILES string of the molecule is CCN(C)CCNc1ccc([N+](=O)[O-])c2cnc(C)cc12. The van der Waals surface area contributed by atoms with E-state index in [1.54, 1.807) is 12.3 Å². The van der Waals surface area contributed by atoms with Gasteiger partial charge in [0.15, 0.2) is 0 Å². The molecule has 1 aromatic heterocycles. The van der Waals surface area contributed by atoms with Crippen LogP contribution in [0.5, 0.6) is 0 Å². The molecular weight excluding hydrogens is 268 g/mol. The topological polar surface area (TPSA) is 71.3 Å². The molecule has 0 fully saturated rings. The molecule has 0 saturated carbocycles. The Bertz CT molecular complexity index is 657. The summed E-state index contributed by atoms with van der Waals surface area (Å²) in [6.45, 7) is 6.69. The number of anilines is 1. The maximum absolute atomic E-state index is 11.1. The van der Waals surface area contributed by atoms with Crippen LogP contribution >= 0.6 is 0 Å². The van der Waals surface area contributed by atoms with E-state index in [-0.39, 0.29) is 10.6 Å². The molecule has 2 rings (SSSR count). The number of aromatic nitrogens is 1. The number of nitro benzene ring substituents is 1. The Morgan fingerprint density at radius 3 is 2.81 bits per heavy atom. The van der Waals surface area contributed by atoms with Crippen LogP contribution in [0.3, 0.4) is 0 Å². The lowest BCUT2D eigenvalue weighted by molar-refractivity contribution is -0.383. The number of rotatable bonds is 6. The average Bonchev–Trinajstić information content (AvgIpc) is 2.46. The Morgan fingerprint density at radius 1 is 1.38 bits per heavy atom. The van der Waals surface area contributed by atoms with E-state index in [0.29, 0.717) is 5.39 Å². The van der Waals surface area contributed by atoms with Gasteiger partial charge in [0.25, 0.3) is 5.69 Å². The third-order valence-electron chi connectivity index (χ3n) is 3.56. The summed E-state index contributed by atoms with van der Waals surface area (Å²) in [7, 11) is 2.06. The van der Waals surface area contributed by atoms with Gasteiger partial charge in [-0.1, -0.05) is 6.92 Å². The van der Waals surface area contributed by atoms with Gasteiger partial charge in [-0.25, -0.2) is 0 Å². The third-order valence-corrected chi connectivity index (χ3v) is 3.56. The molecule has 0 saturated heterocycles. The predicted octanol–water partition coefficient (Wildman–Crippen LogP) is 2.82. The van der Waals surface area contributed by atoms with Crippen molar-refractivity contribution in [1.82, 2.24) is 9.88 Å². The summed E-state index contributed by atoms with van der Waals surface area (Å²) in [6.07, 6.45) is 1.58. The van der Waals surface area contributed by atoms with Gasteiger partial charge in [-0.15, -0.1) is 0 Å². The average molecular weight is 288 g/mol. The van der Waals surface area contributed by atoms with Crippen LogP contribution in [0.25, 0.3) is 10.8 Å². The Hall–Kier alpha value is -2.21. The van der Waals surface area contributed by atoms with Gasteiger partial charge in [0.2, 0.25) is 0 Å².